The number of alkyl halides is 2. The largest absolute Gasteiger partial charge is 0.321 e. The van der Waals surface area contributed by atoms with E-state index >= 15 is 0 Å². The first-order chi connectivity index (χ1) is 12.3. The zero-order valence-electron chi connectivity index (χ0n) is 13.5. The number of hydrogen-bond donors (Lipinski definition) is 1. The summed E-state index contributed by atoms with van der Waals surface area (Å²) >= 11 is 12.1. The molecule has 0 aliphatic rings. The highest BCUT2D eigenvalue weighted by Gasteiger charge is 2.23. The molecule has 0 radical (unpaired) electrons. The number of nitrogens with zero attached hydrogens (tertiary/aromatic N) is 2. The number of aryl methyl sites for hydroxylation is 1. The average molecular weight is 396 g/mol. The number of rotatable bonds is 4. The molecule has 1 amide bonds. The van der Waals surface area contributed by atoms with Crippen LogP contribution in [0.15, 0.2) is 48.7 Å². The van der Waals surface area contributed by atoms with Crippen molar-refractivity contribution in [2.24, 2.45) is 7.05 Å². The van der Waals surface area contributed by atoms with E-state index in [-0.39, 0.29) is 5.56 Å². The zero-order valence-corrected chi connectivity index (χ0v) is 15.0. The summed E-state index contributed by atoms with van der Waals surface area (Å²) < 4.78 is 27.4. The third kappa shape index (κ3) is 3.86. The van der Waals surface area contributed by atoms with Crippen LogP contribution in [0.3, 0.4) is 0 Å². The molecule has 1 heterocycles. The van der Waals surface area contributed by atoms with Gasteiger partial charge in [-0.2, -0.15) is 5.10 Å². The molecule has 3 rings (SSSR count). The Labute approximate surface area is 158 Å². The molecule has 0 aliphatic heterocycles. The Morgan fingerprint density at radius 2 is 1.81 bits per heavy atom. The van der Waals surface area contributed by atoms with E-state index in [0.717, 1.165) is 0 Å². The SMILES string of the molecule is Cn1cc(C(=O)Nc2ccccc2-c2cc(Cl)cc(Cl)c2)c(C(F)F)n1. The molecule has 0 bridgehead atoms. The first-order valence-corrected chi connectivity index (χ1v) is 8.29. The van der Waals surface area contributed by atoms with Crippen molar-refractivity contribution in [2.75, 3.05) is 5.32 Å². The first-order valence-electron chi connectivity index (χ1n) is 7.53. The number of benzene rings is 2. The van der Waals surface area contributed by atoms with Crippen LogP contribution in [0.1, 0.15) is 22.5 Å². The lowest BCUT2D eigenvalue weighted by Gasteiger charge is -2.12. The fourth-order valence-electron chi connectivity index (χ4n) is 2.58. The summed E-state index contributed by atoms with van der Waals surface area (Å²) in [5, 5.41) is 7.20. The number of anilines is 1. The van der Waals surface area contributed by atoms with Gasteiger partial charge in [-0.25, -0.2) is 8.78 Å². The lowest BCUT2D eigenvalue weighted by molar-refractivity contribution is 0.101. The topological polar surface area (TPSA) is 46.9 Å². The number of amides is 1. The van der Waals surface area contributed by atoms with Crippen LogP contribution in [-0.2, 0) is 7.05 Å². The number of para-hydroxylation sites is 1. The van der Waals surface area contributed by atoms with Gasteiger partial charge in [0.25, 0.3) is 12.3 Å². The highest BCUT2D eigenvalue weighted by Crippen LogP contribution is 2.33. The predicted octanol–water partition coefficient (Wildman–Crippen LogP) is 5.58. The van der Waals surface area contributed by atoms with Crippen LogP contribution in [0.5, 0.6) is 0 Å². The second kappa shape index (κ2) is 7.43. The fraction of sp³-hybridized carbons (Fsp3) is 0.111. The van der Waals surface area contributed by atoms with E-state index in [1.807, 2.05) is 0 Å². The standard InChI is InChI=1S/C18H13Cl2F2N3O/c1-25-9-14(16(24-25)17(21)22)18(26)23-15-5-3-2-4-13(15)10-6-11(19)8-12(20)7-10/h2-9,17H,1H3,(H,23,26). The maximum Gasteiger partial charge on any atom is 0.282 e. The van der Waals surface area contributed by atoms with E-state index < -0.39 is 18.0 Å². The molecule has 8 heteroatoms. The number of aromatic nitrogens is 2. The average Bonchev–Trinajstić information content (AvgIpc) is 2.97. The first kappa shape index (κ1) is 18.4. The van der Waals surface area contributed by atoms with E-state index in [0.29, 0.717) is 26.9 Å². The minimum Gasteiger partial charge on any atom is -0.321 e. The summed E-state index contributed by atoms with van der Waals surface area (Å²) in [5.74, 6) is -0.672. The Morgan fingerprint density at radius 3 is 2.46 bits per heavy atom. The highest BCUT2D eigenvalue weighted by atomic mass is 35.5. The third-order valence-electron chi connectivity index (χ3n) is 3.66. The molecule has 26 heavy (non-hydrogen) atoms. The van der Waals surface area contributed by atoms with Gasteiger partial charge in [0, 0.05) is 34.5 Å². The Bertz CT molecular complexity index is 953. The molecule has 0 saturated carbocycles. The summed E-state index contributed by atoms with van der Waals surface area (Å²) in [4.78, 5) is 12.5. The molecule has 134 valence electrons. The smallest absolute Gasteiger partial charge is 0.282 e. The molecule has 2 aromatic carbocycles. The van der Waals surface area contributed by atoms with Crippen molar-refractivity contribution < 1.29 is 13.6 Å². The summed E-state index contributed by atoms with van der Waals surface area (Å²) in [6.45, 7) is 0. The van der Waals surface area contributed by atoms with Crippen molar-refractivity contribution in [3.8, 4) is 11.1 Å². The number of halogens is 4. The number of hydrogen-bond acceptors (Lipinski definition) is 2. The molecule has 0 aliphatic carbocycles. The second-order valence-corrected chi connectivity index (χ2v) is 6.43. The van der Waals surface area contributed by atoms with Gasteiger partial charge in [-0.05, 0) is 29.8 Å². The Hall–Kier alpha value is -2.44. The number of nitrogens with one attached hydrogen (secondary N) is 1. The second-order valence-electron chi connectivity index (χ2n) is 5.56. The lowest BCUT2D eigenvalue weighted by atomic mass is 10.0. The van der Waals surface area contributed by atoms with Gasteiger partial charge in [0.1, 0.15) is 5.69 Å². The molecular weight excluding hydrogens is 383 g/mol. The van der Waals surface area contributed by atoms with Crippen LogP contribution < -0.4 is 5.32 Å². The van der Waals surface area contributed by atoms with Crippen molar-refractivity contribution in [2.45, 2.75) is 6.43 Å². The van der Waals surface area contributed by atoms with Crippen molar-refractivity contribution in [1.29, 1.82) is 0 Å². The minimum atomic E-state index is -2.85. The summed E-state index contributed by atoms with van der Waals surface area (Å²) in [5.41, 5.74) is 1.06. The highest BCUT2D eigenvalue weighted by molar-refractivity contribution is 6.35. The van der Waals surface area contributed by atoms with Crippen molar-refractivity contribution in [3.63, 3.8) is 0 Å². The van der Waals surface area contributed by atoms with E-state index in [1.54, 1.807) is 42.5 Å². The summed E-state index contributed by atoms with van der Waals surface area (Å²) in [6, 6.07) is 11.9. The van der Waals surface area contributed by atoms with Crippen LogP contribution in [-0.4, -0.2) is 15.7 Å². The van der Waals surface area contributed by atoms with Crippen LogP contribution in [0.25, 0.3) is 11.1 Å². The van der Waals surface area contributed by atoms with Gasteiger partial charge in [-0.3, -0.25) is 9.48 Å². The third-order valence-corrected chi connectivity index (χ3v) is 4.09. The fourth-order valence-corrected chi connectivity index (χ4v) is 3.11. The quantitative estimate of drug-likeness (QED) is 0.626. The maximum atomic E-state index is 13.1. The minimum absolute atomic E-state index is 0.179. The van der Waals surface area contributed by atoms with Gasteiger partial charge in [-0.15, -0.1) is 0 Å². The monoisotopic (exact) mass is 395 g/mol. The summed E-state index contributed by atoms with van der Waals surface area (Å²) in [7, 11) is 1.48. The van der Waals surface area contributed by atoms with Gasteiger partial charge in [-0.1, -0.05) is 41.4 Å². The van der Waals surface area contributed by atoms with Gasteiger partial charge in [0.2, 0.25) is 0 Å². The molecule has 1 N–H and O–H groups in total. The van der Waals surface area contributed by atoms with E-state index in [1.165, 1.54) is 17.9 Å². The van der Waals surface area contributed by atoms with Crippen molar-refractivity contribution in [1.82, 2.24) is 9.78 Å². The van der Waals surface area contributed by atoms with Crippen LogP contribution in [0, 0.1) is 0 Å². The Balaban J connectivity index is 1.98. The van der Waals surface area contributed by atoms with Gasteiger partial charge >= 0.3 is 0 Å². The lowest BCUT2D eigenvalue weighted by Crippen LogP contribution is -2.14. The van der Waals surface area contributed by atoms with Gasteiger partial charge in [0.05, 0.1) is 5.56 Å². The van der Waals surface area contributed by atoms with E-state index in [9.17, 15) is 13.6 Å². The molecule has 0 unspecified atom stereocenters. The molecule has 0 atom stereocenters. The van der Waals surface area contributed by atoms with Gasteiger partial charge < -0.3 is 5.32 Å². The van der Waals surface area contributed by atoms with Gasteiger partial charge in [0.15, 0.2) is 0 Å². The molecule has 1 aromatic heterocycles. The van der Waals surface area contributed by atoms with E-state index in [2.05, 4.69) is 10.4 Å². The Morgan fingerprint density at radius 1 is 1.15 bits per heavy atom. The molecule has 0 spiro atoms. The van der Waals surface area contributed by atoms with Crippen LogP contribution in [0.4, 0.5) is 14.5 Å². The van der Waals surface area contributed by atoms with Crippen molar-refractivity contribution >= 4 is 34.8 Å². The van der Waals surface area contributed by atoms with Crippen LogP contribution >= 0.6 is 23.2 Å². The molecule has 0 fully saturated rings. The maximum absolute atomic E-state index is 13.1. The zero-order chi connectivity index (χ0) is 18.8. The molecular formula is C18H13Cl2F2N3O. The molecule has 3 aromatic rings. The molecule has 0 saturated heterocycles. The number of carbonyl (C=O) groups excluding carboxylic acids is 1. The van der Waals surface area contributed by atoms with E-state index in [4.69, 9.17) is 23.2 Å². The normalized spacial score (nSPS) is 11.0. The predicted molar refractivity (Wildman–Crippen MR) is 98.0 cm³/mol. The molecule has 4 nitrogen and oxygen atoms in total. The Kier molecular flexibility index (Phi) is 5.25. The van der Waals surface area contributed by atoms with Crippen molar-refractivity contribution in [3.05, 3.63) is 70.0 Å². The number of carbonyl (C=O) groups is 1. The summed E-state index contributed by atoms with van der Waals surface area (Å²) in [6.07, 6.45) is -1.59. The van der Waals surface area contributed by atoms with Crippen LogP contribution in [0.2, 0.25) is 10.0 Å².